The molecule has 2 N–H and O–H groups in total. The first kappa shape index (κ1) is 21.0. The van der Waals surface area contributed by atoms with Gasteiger partial charge in [0.05, 0.1) is 19.7 Å². The highest BCUT2D eigenvalue weighted by Gasteiger charge is 2.21. The van der Waals surface area contributed by atoms with Crippen molar-refractivity contribution in [2.45, 2.75) is 13.0 Å². The lowest BCUT2D eigenvalue weighted by Crippen LogP contribution is -2.34. The third kappa shape index (κ3) is 4.00. The molecule has 3 rings (SSSR count). The van der Waals surface area contributed by atoms with Crippen LogP contribution in [0.2, 0.25) is 0 Å². The number of hydrogen-bond donors (Lipinski definition) is 2. The van der Waals surface area contributed by atoms with Crippen molar-refractivity contribution in [2.24, 2.45) is 0 Å². The molecule has 0 spiro atoms. The van der Waals surface area contributed by atoms with E-state index < -0.39 is 11.5 Å². The summed E-state index contributed by atoms with van der Waals surface area (Å²) in [6.45, 7) is 4.18. The molecule has 7 nitrogen and oxygen atoms in total. The largest absolute Gasteiger partial charge is 0.506 e. The minimum absolute atomic E-state index is 0.228. The zero-order valence-corrected chi connectivity index (χ0v) is 17.0. The molecule has 0 aliphatic rings. The number of amides is 1. The monoisotopic (exact) mass is 408 g/mol. The van der Waals surface area contributed by atoms with Gasteiger partial charge >= 0.3 is 0 Å². The Labute approximate surface area is 174 Å². The second kappa shape index (κ2) is 9.17. The SMILES string of the molecule is C=CCn1c(=O)c(C(=O)NCCc2ccc(OC)c(OC)c2)c(O)c2ccccc21. The summed E-state index contributed by atoms with van der Waals surface area (Å²) >= 11 is 0. The van der Waals surface area contributed by atoms with Crippen molar-refractivity contribution < 1.29 is 19.4 Å². The molecule has 7 heteroatoms. The molecule has 0 saturated carbocycles. The summed E-state index contributed by atoms with van der Waals surface area (Å²) in [5, 5.41) is 13.8. The van der Waals surface area contributed by atoms with Gasteiger partial charge in [0.1, 0.15) is 11.3 Å². The third-order valence-corrected chi connectivity index (χ3v) is 4.83. The van der Waals surface area contributed by atoms with E-state index in [1.807, 2.05) is 12.1 Å². The van der Waals surface area contributed by atoms with Crippen LogP contribution in [0.1, 0.15) is 15.9 Å². The van der Waals surface area contributed by atoms with Crippen LogP contribution < -0.4 is 20.3 Å². The average molecular weight is 408 g/mol. The molecule has 2 aromatic carbocycles. The normalized spacial score (nSPS) is 10.6. The van der Waals surface area contributed by atoms with E-state index in [-0.39, 0.29) is 24.4 Å². The molecule has 156 valence electrons. The summed E-state index contributed by atoms with van der Waals surface area (Å²) in [6, 6.07) is 12.4. The second-order valence-corrected chi connectivity index (χ2v) is 6.64. The van der Waals surface area contributed by atoms with Crippen molar-refractivity contribution in [1.82, 2.24) is 9.88 Å². The maximum absolute atomic E-state index is 12.9. The minimum atomic E-state index is -0.624. The number of nitrogens with zero attached hydrogens (tertiary/aromatic N) is 1. The molecule has 0 aliphatic heterocycles. The van der Waals surface area contributed by atoms with Gasteiger partial charge in [0.15, 0.2) is 11.5 Å². The number of nitrogens with one attached hydrogen (secondary N) is 1. The molecular weight excluding hydrogens is 384 g/mol. The number of methoxy groups -OCH3 is 2. The number of allylic oxidation sites excluding steroid dienone is 1. The number of aromatic nitrogens is 1. The molecule has 3 aromatic rings. The van der Waals surface area contributed by atoms with Gasteiger partial charge in [-0.2, -0.15) is 0 Å². The van der Waals surface area contributed by atoms with Crippen LogP contribution >= 0.6 is 0 Å². The summed E-state index contributed by atoms with van der Waals surface area (Å²) in [7, 11) is 3.12. The van der Waals surface area contributed by atoms with Crippen molar-refractivity contribution >= 4 is 16.8 Å². The zero-order chi connectivity index (χ0) is 21.7. The molecule has 0 radical (unpaired) electrons. The van der Waals surface area contributed by atoms with Gasteiger partial charge in [-0.3, -0.25) is 9.59 Å². The number of benzene rings is 2. The van der Waals surface area contributed by atoms with E-state index in [2.05, 4.69) is 11.9 Å². The first-order valence-corrected chi connectivity index (χ1v) is 9.46. The van der Waals surface area contributed by atoms with E-state index in [1.54, 1.807) is 50.6 Å². The van der Waals surface area contributed by atoms with Gasteiger partial charge in [-0.05, 0) is 36.2 Å². The average Bonchev–Trinajstić information content (AvgIpc) is 2.76. The van der Waals surface area contributed by atoms with Crippen LogP contribution in [-0.2, 0) is 13.0 Å². The lowest BCUT2D eigenvalue weighted by atomic mass is 10.1. The minimum Gasteiger partial charge on any atom is -0.506 e. The van der Waals surface area contributed by atoms with Crippen LogP contribution in [0.5, 0.6) is 17.2 Å². The van der Waals surface area contributed by atoms with E-state index in [4.69, 9.17) is 9.47 Å². The van der Waals surface area contributed by atoms with Crippen molar-refractivity contribution in [3.05, 3.63) is 76.6 Å². The summed E-state index contributed by atoms with van der Waals surface area (Å²) in [5.74, 6) is 0.274. The number of carbonyl (C=O) groups is 1. The number of pyridine rings is 1. The van der Waals surface area contributed by atoms with Gasteiger partial charge in [-0.25, -0.2) is 0 Å². The summed E-state index contributed by atoms with van der Waals surface area (Å²) in [5.41, 5.74) is 0.638. The molecule has 0 fully saturated rings. The molecule has 1 aromatic heterocycles. The fourth-order valence-electron chi connectivity index (χ4n) is 3.35. The quantitative estimate of drug-likeness (QED) is 0.560. The first-order chi connectivity index (χ1) is 14.5. The van der Waals surface area contributed by atoms with Gasteiger partial charge in [-0.1, -0.05) is 24.3 Å². The second-order valence-electron chi connectivity index (χ2n) is 6.64. The van der Waals surface area contributed by atoms with Crippen LogP contribution in [0.25, 0.3) is 10.9 Å². The summed E-state index contributed by atoms with van der Waals surface area (Å²) < 4.78 is 11.9. The Morgan fingerprint density at radius 1 is 1.17 bits per heavy atom. The van der Waals surface area contributed by atoms with Gasteiger partial charge < -0.3 is 24.5 Å². The van der Waals surface area contributed by atoms with Crippen molar-refractivity contribution in [3.63, 3.8) is 0 Å². The Morgan fingerprint density at radius 3 is 2.60 bits per heavy atom. The standard InChI is InChI=1S/C23H24N2O5/c1-4-13-25-17-8-6-5-7-16(17)21(26)20(23(25)28)22(27)24-12-11-15-9-10-18(29-2)19(14-15)30-3/h4-10,14,26H,1,11-13H2,2-3H3,(H,24,27). The van der Waals surface area contributed by atoms with Crippen molar-refractivity contribution in [1.29, 1.82) is 0 Å². The summed E-state index contributed by atoms with van der Waals surface area (Å²) in [6.07, 6.45) is 2.09. The summed E-state index contributed by atoms with van der Waals surface area (Å²) in [4.78, 5) is 25.6. The number of para-hydroxylation sites is 1. The Balaban J connectivity index is 1.84. The number of fused-ring (bicyclic) bond motifs is 1. The van der Waals surface area contributed by atoms with E-state index in [0.29, 0.717) is 28.8 Å². The maximum Gasteiger partial charge on any atom is 0.268 e. The smallest absolute Gasteiger partial charge is 0.268 e. The maximum atomic E-state index is 12.9. The Morgan fingerprint density at radius 2 is 1.90 bits per heavy atom. The molecule has 0 bridgehead atoms. The molecule has 1 amide bonds. The molecular formula is C23H24N2O5. The Bertz CT molecular complexity index is 1150. The number of rotatable bonds is 8. The molecule has 0 unspecified atom stereocenters. The Kier molecular flexibility index (Phi) is 6.41. The Hall–Kier alpha value is -3.74. The fraction of sp³-hybridized carbons (Fsp3) is 0.217. The molecule has 0 saturated heterocycles. The lowest BCUT2D eigenvalue weighted by Gasteiger charge is -2.14. The van der Waals surface area contributed by atoms with E-state index in [1.165, 1.54) is 4.57 Å². The highest BCUT2D eigenvalue weighted by atomic mass is 16.5. The van der Waals surface area contributed by atoms with Crippen LogP contribution in [0, 0.1) is 0 Å². The van der Waals surface area contributed by atoms with Gasteiger partial charge in [0.25, 0.3) is 11.5 Å². The molecule has 0 aliphatic carbocycles. The lowest BCUT2D eigenvalue weighted by molar-refractivity contribution is 0.0949. The third-order valence-electron chi connectivity index (χ3n) is 4.83. The highest BCUT2D eigenvalue weighted by Crippen LogP contribution is 2.28. The van der Waals surface area contributed by atoms with Crippen LogP contribution in [0.3, 0.4) is 0 Å². The molecule has 30 heavy (non-hydrogen) atoms. The predicted molar refractivity (Wildman–Crippen MR) is 116 cm³/mol. The number of aromatic hydroxyl groups is 1. The van der Waals surface area contributed by atoms with Crippen molar-refractivity contribution in [3.8, 4) is 17.2 Å². The molecule has 0 atom stereocenters. The highest BCUT2D eigenvalue weighted by molar-refractivity contribution is 6.02. The number of hydrogen-bond acceptors (Lipinski definition) is 5. The van der Waals surface area contributed by atoms with Crippen LogP contribution in [0.15, 0.2) is 59.9 Å². The number of carbonyl (C=O) groups excluding carboxylic acids is 1. The van der Waals surface area contributed by atoms with E-state index in [9.17, 15) is 14.7 Å². The van der Waals surface area contributed by atoms with Crippen LogP contribution in [0.4, 0.5) is 0 Å². The number of ether oxygens (including phenoxy) is 2. The topological polar surface area (TPSA) is 89.8 Å². The predicted octanol–water partition coefficient (Wildman–Crippen LogP) is 2.88. The van der Waals surface area contributed by atoms with Gasteiger partial charge in [0.2, 0.25) is 0 Å². The van der Waals surface area contributed by atoms with Crippen LogP contribution in [-0.4, -0.2) is 36.3 Å². The van der Waals surface area contributed by atoms with E-state index in [0.717, 1.165) is 5.56 Å². The van der Waals surface area contributed by atoms with E-state index >= 15 is 0 Å². The first-order valence-electron chi connectivity index (χ1n) is 9.46. The van der Waals surface area contributed by atoms with Crippen molar-refractivity contribution in [2.75, 3.05) is 20.8 Å². The molecule has 1 heterocycles. The van der Waals surface area contributed by atoms with Gasteiger partial charge in [-0.15, -0.1) is 6.58 Å². The fourth-order valence-corrected chi connectivity index (χ4v) is 3.35. The zero-order valence-electron chi connectivity index (χ0n) is 17.0. The van der Waals surface area contributed by atoms with Gasteiger partial charge in [0, 0.05) is 18.5 Å².